The third kappa shape index (κ3) is 4.20. The van der Waals surface area contributed by atoms with Crippen molar-refractivity contribution in [2.45, 2.75) is 32.9 Å². The molecule has 0 saturated carbocycles. The van der Waals surface area contributed by atoms with Crippen LogP contribution in [0.5, 0.6) is 0 Å². The Balaban J connectivity index is 1.84. The van der Waals surface area contributed by atoms with Gasteiger partial charge in [0, 0.05) is 19.8 Å². The third-order valence-corrected chi connectivity index (χ3v) is 3.13. The highest BCUT2D eigenvalue weighted by Crippen LogP contribution is 2.16. The number of carbonyl (C=O) groups excluding carboxylic acids is 1. The lowest BCUT2D eigenvalue weighted by Gasteiger charge is -2.22. The SMILES string of the molecule is CCOC(=O)NCc1ncnn1CC1CCOCC1. The highest BCUT2D eigenvalue weighted by atomic mass is 16.5. The summed E-state index contributed by atoms with van der Waals surface area (Å²) in [4.78, 5) is 15.4. The predicted molar refractivity (Wildman–Crippen MR) is 67.4 cm³/mol. The molecule has 0 aliphatic carbocycles. The van der Waals surface area contributed by atoms with Crippen molar-refractivity contribution in [1.29, 1.82) is 0 Å². The van der Waals surface area contributed by atoms with Crippen LogP contribution in [0.1, 0.15) is 25.6 Å². The number of nitrogens with one attached hydrogen (secondary N) is 1. The lowest BCUT2D eigenvalue weighted by Crippen LogP contribution is -2.27. The van der Waals surface area contributed by atoms with Gasteiger partial charge in [-0.1, -0.05) is 0 Å². The van der Waals surface area contributed by atoms with Gasteiger partial charge in [0.2, 0.25) is 0 Å². The minimum atomic E-state index is -0.428. The van der Waals surface area contributed by atoms with Crippen LogP contribution in [0.25, 0.3) is 0 Å². The summed E-state index contributed by atoms with van der Waals surface area (Å²) in [5.74, 6) is 1.32. The zero-order chi connectivity index (χ0) is 13.5. The summed E-state index contributed by atoms with van der Waals surface area (Å²) in [5, 5.41) is 6.86. The minimum Gasteiger partial charge on any atom is -0.450 e. The van der Waals surface area contributed by atoms with Gasteiger partial charge < -0.3 is 14.8 Å². The molecule has 7 heteroatoms. The van der Waals surface area contributed by atoms with E-state index in [1.54, 1.807) is 6.92 Å². The molecule has 1 aliphatic rings. The fraction of sp³-hybridized carbons (Fsp3) is 0.750. The van der Waals surface area contributed by atoms with Gasteiger partial charge in [0.05, 0.1) is 13.2 Å². The molecule has 1 aromatic rings. The summed E-state index contributed by atoms with van der Waals surface area (Å²) in [7, 11) is 0. The smallest absolute Gasteiger partial charge is 0.407 e. The lowest BCUT2D eigenvalue weighted by molar-refractivity contribution is 0.0598. The Morgan fingerprint density at radius 3 is 3.11 bits per heavy atom. The maximum absolute atomic E-state index is 11.2. The normalized spacial score (nSPS) is 16.3. The number of nitrogens with zero attached hydrogens (tertiary/aromatic N) is 3. The Labute approximate surface area is 112 Å². The molecule has 1 saturated heterocycles. The van der Waals surface area contributed by atoms with Crippen molar-refractivity contribution in [3.8, 4) is 0 Å². The van der Waals surface area contributed by atoms with Crippen LogP contribution in [0.4, 0.5) is 4.79 Å². The van der Waals surface area contributed by atoms with E-state index in [1.165, 1.54) is 6.33 Å². The number of hydrogen-bond acceptors (Lipinski definition) is 5. The fourth-order valence-corrected chi connectivity index (χ4v) is 2.08. The van der Waals surface area contributed by atoms with Crippen LogP contribution in [0, 0.1) is 5.92 Å². The second-order valence-electron chi connectivity index (χ2n) is 4.49. The number of rotatable bonds is 5. The Hall–Kier alpha value is -1.63. The van der Waals surface area contributed by atoms with E-state index >= 15 is 0 Å². The van der Waals surface area contributed by atoms with Crippen LogP contribution in [0.3, 0.4) is 0 Å². The molecule has 2 rings (SSSR count). The van der Waals surface area contributed by atoms with Crippen molar-refractivity contribution in [2.24, 2.45) is 5.92 Å². The molecule has 1 amide bonds. The highest BCUT2D eigenvalue weighted by Gasteiger charge is 2.16. The van der Waals surface area contributed by atoms with Crippen molar-refractivity contribution in [2.75, 3.05) is 19.8 Å². The van der Waals surface area contributed by atoms with Gasteiger partial charge in [-0.25, -0.2) is 14.5 Å². The molecule has 2 heterocycles. The first kappa shape index (κ1) is 13.8. The first-order valence-electron chi connectivity index (χ1n) is 6.64. The average Bonchev–Trinajstić information content (AvgIpc) is 2.85. The van der Waals surface area contributed by atoms with Crippen LogP contribution in [0.2, 0.25) is 0 Å². The Kier molecular flexibility index (Phi) is 5.14. The second kappa shape index (κ2) is 7.08. The third-order valence-electron chi connectivity index (χ3n) is 3.13. The molecular weight excluding hydrogens is 248 g/mol. The topological polar surface area (TPSA) is 78.3 Å². The van der Waals surface area contributed by atoms with Crippen LogP contribution in [-0.4, -0.2) is 40.7 Å². The summed E-state index contributed by atoms with van der Waals surface area (Å²) in [6.45, 7) is 4.92. The van der Waals surface area contributed by atoms with Crippen molar-refractivity contribution >= 4 is 6.09 Å². The van der Waals surface area contributed by atoms with Crippen LogP contribution in [-0.2, 0) is 22.6 Å². The number of hydrogen-bond donors (Lipinski definition) is 1. The predicted octanol–water partition coefficient (Wildman–Crippen LogP) is 0.951. The minimum absolute atomic E-state index is 0.335. The Morgan fingerprint density at radius 2 is 2.37 bits per heavy atom. The van der Waals surface area contributed by atoms with Gasteiger partial charge in [0.15, 0.2) is 0 Å². The first-order valence-corrected chi connectivity index (χ1v) is 6.64. The standard InChI is InChI=1S/C12H20N4O3/c1-2-19-12(17)13-7-11-14-9-15-16(11)8-10-3-5-18-6-4-10/h9-10H,2-8H2,1H3,(H,13,17). The molecule has 1 aliphatic heterocycles. The zero-order valence-corrected chi connectivity index (χ0v) is 11.2. The summed E-state index contributed by atoms with van der Waals surface area (Å²) in [6.07, 6.45) is 3.18. The molecule has 1 fully saturated rings. The van der Waals surface area contributed by atoms with Gasteiger partial charge in [-0.05, 0) is 25.7 Å². The van der Waals surface area contributed by atoms with E-state index in [-0.39, 0.29) is 0 Å². The maximum Gasteiger partial charge on any atom is 0.407 e. The van der Waals surface area contributed by atoms with Crippen LogP contribution >= 0.6 is 0 Å². The van der Waals surface area contributed by atoms with Gasteiger partial charge in [-0.3, -0.25) is 0 Å². The van der Waals surface area contributed by atoms with Gasteiger partial charge in [0.1, 0.15) is 12.2 Å². The van der Waals surface area contributed by atoms with E-state index in [1.807, 2.05) is 4.68 Å². The molecule has 106 valence electrons. The van der Waals surface area contributed by atoms with E-state index < -0.39 is 6.09 Å². The Bertz CT molecular complexity index is 401. The van der Waals surface area contributed by atoms with Gasteiger partial charge in [-0.15, -0.1) is 0 Å². The zero-order valence-electron chi connectivity index (χ0n) is 11.2. The average molecular weight is 268 g/mol. The molecule has 0 radical (unpaired) electrons. The van der Waals surface area contributed by atoms with Gasteiger partial charge in [0.25, 0.3) is 0 Å². The molecule has 0 unspecified atom stereocenters. The van der Waals surface area contributed by atoms with Gasteiger partial charge in [-0.2, -0.15) is 5.10 Å². The van der Waals surface area contributed by atoms with Crippen molar-refractivity contribution in [3.63, 3.8) is 0 Å². The molecule has 0 bridgehead atoms. The van der Waals surface area contributed by atoms with Crippen molar-refractivity contribution in [1.82, 2.24) is 20.1 Å². The summed E-state index contributed by atoms with van der Waals surface area (Å²) < 4.78 is 12.0. The van der Waals surface area contributed by atoms with Crippen molar-refractivity contribution in [3.05, 3.63) is 12.2 Å². The van der Waals surface area contributed by atoms with E-state index in [4.69, 9.17) is 9.47 Å². The molecule has 7 nitrogen and oxygen atoms in total. The van der Waals surface area contributed by atoms with Crippen LogP contribution in [0.15, 0.2) is 6.33 Å². The van der Waals surface area contributed by atoms with Gasteiger partial charge >= 0.3 is 6.09 Å². The molecular formula is C12H20N4O3. The van der Waals surface area contributed by atoms with E-state index in [9.17, 15) is 4.79 Å². The van der Waals surface area contributed by atoms with E-state index in [2.05, 4.69) is 15.4 Å². The number of amides is 1. The Morgan fingerprint density at radius 1 is 1.58 bits per heavy atom. The molecule has 19 heavy (non-hydrogen) atoms. The summed E-state index contributed by atoms with van der Waals surface area (Å²) >= 11 is 0. The van der Waals surface area contributed by atoms with E-state index in [0.717, 1.165) is 38.4 Å². The fourth-order valence-electron chi connectivity index (χ4n) is 2.08. The highest BCUT2D eigenvalue weighted by molar-refractivity contribution is 5.66. The molecule has 0 aromatic carbocycles. The molecule has 0 atom stereocenters. The molecule has 0 spiro atoms. The number of carbonyl (C=O) groups is 1. The van der Waals surface area contributed by atoms with E-state index in [0.29, 0.717) is 19.1 Å². The van der Waals surface area contributed by atoms with Crippen LogP contribution < -0.4 is 5.32 Å². The lowest BCUT2D eigenvalue weighted by atomic mass is 10.0. The monoisotopic (exact) mass is 268 g/mol. The molecule has 1 N–H and O–H groups in total. The first-order chi connectivity index (χ1) is 9.29. The largest absolute Gasteiger partial charge is 0.450 e. The number of aromatic nitrogens is 3. The number of ether oxygens (including phenoxy) is 2. The quantitative estimate of drug-likeness (QED) is 0.860. The van der Waals surface area contributed by atoms with Crippen molar-refractivity contribution < 1.29 is 14.3 Å². The summed E-state index contributed by atoms with van der Waals surface area (Å²) in [6, 6.07) is 0. The molecule has 1 aromatic heterocycles. The maximum atomic E-state index is 11.2. The summed E-state index contributed by atoms with van der Waals surface area (Å²) in [5.41, 5.74) is 0. The number of alkyl carbamates (subject to hydrolysis) is 1. The second-order valence-corrected chi connectivity index (χ2v) is 4.49.